The van der Waals surface area contributed by atoms with E-state index in [0.29, 0.717) is 5.15 Å². The minimum absolute atomic E-state index is 0.106. The highest BCUT2D eigenvalue weighted by molar-refractivity contribution is 6.30. The van der Waals surface area contributed by atoms with Gasteiger partial charge in [-0.05, 0) is 30.7 Å². The maximum atomic E-state index is 11.0. The molecule has 0 aliphatic carbocycles. The Balaban J connectivity index is 2.38. The second-order valence-electron chi connectivity index (χ2n) is 3.97. The van der Waals surface area contributed by atoms with E-state index in [1.165, 1.54) is 6.92 Å². The van der Waals surface area contributed by atoms with Crippen molar-refractivity contribution in [3.8, 4) is 11.3 Å². The fourth-order valence-electron chi connectivity index (χ4n) is 1.57. The molecule has 1 heterocycles. The van der Waals surface area contributed by atoms with Gasteiger partial charge in [0.05, 0.1) is 5.69 Å². The molecule has 5 heteroatoms. The van der Waals surface area contributed by atoms with Crippen molar-refractivity contribution in [2.75, 3.05) is 5.32 Å². The van der Waals surface area contributed by atoms with E-state index in [1.54, 1.807) is 0 Å². The second-order valence-corrected chi connectivity index (χ2v) is 4.32. The van der Waals surface area contributed by atoms with Crippen molar-refractivity contribution < 1.29 is 4.79 Å². The number of hydrogen-bond donors (Lipinski definition) is 1. The van der Waals surface area contributed by atoms with Gasteiger partial charge in [0.15, 0.2) is 5.15 Å². The van der Waals surface area contributed by atoms with Gasteiger partial charge in [-0.1, -0.05) is 23.7 Å². The highest BCUT2D eigenvalue weighted by Gasteiger charge is 2.05. The Morgan fingerprint density at radius 3 is 2.72 bits per heavy atom. The molecular weight excluding hydrogens is 250 g/mol. The van der Waals surface area contributed by atoms with Crippen LogP contribution in [0.4, 0.5) is 5.69 Å². The van der Waals surface area contributed by atoms with Crippen LogP contribution < -0.4 is 5.32 Å². The van der Waals surface area contributed by atoms with E-state index in [2.05, 4.69) is 15.5 Å². The van der Waals surface area contributed by atoms with Crippen LogP contribution in [-0.2, 0) is 4.79 Å². The molecule has 0 saturated carbocycles. The molecule has 0 spiro atoms. The van der Waals surface area contributed by atoms with Gasteiger partial charge >= 0.3 is 0 Å². The first-order valence-corrected chi connectivity index (χ1v) is 5.82. The summed E-state index contributed by atoms with van der Waals surface area (Å²) >= 11 is 5.84. The molecule has 0 atom stereocenters. The standard InChI is InChI=1S/C13H12ClN3O/c1-8-6-12(16-17-13(8)14)10-4-3-5-11(7-10)15-9(2)18/h3-7H,1-2H3,(H,15,18). The molecular formula is C13H12ClN3O. The first-order valence-electron chi connectivity index (χ1n) is 5.44. The van der Waals surface area contributed by atoms with Crippen LogP contribution in [0.1, 0.15) is 12.5 Å². The Bertz CT molecular complexity index is 599. The number of amides is 1. The Morgan fingerprint density at radius 2 is 2.06 bits per heavy atom. The predicted molar refractivity (Wildman–Crippen MR) is 71.5 cm³/mol. The molecule has 92 valence electrons. The molecule has 4 nitrogen and oxygen atoms in total. The van der Waals surface area contributed by atoms with Crippen molar-refractivity contribution in [3.63, 3.8) is 0 Å². The SMILES string of the molecule is CC(=O)Nc1cccc(-c2cc(C)c(Cl)nn2)c1. The third-order valence-electron chi connectivity index (χ3n) is 2.40. The summed E-state index contributed by atoms with van der Waals surface area (Å²) in [6, 6.07) is 9.29. The van der Waals surface area contributed by atoms with Crippen LogP contribution in [0.3, 0.4) is 0 Å². The molecule has 0 aliphatic rings. The van der Waals surface area contributed by atoms with E-state index >= 15 is 0 Å². The Kier molecular flexibility index (Phi) is 3.58. The first-order chi connectivity index (χ1) is 8.56. The van der Waals surface area contributed by atoms with Crippen molar-refractivity contribution in [1.29, 1.82) is 0 Å². The van der Waals surface area contributed by atoms with E-state index in [-0.39, 0.29) is 5.91 Å². The normalized spacial score (nSPS) is 10.2. The molecule has 0 saturated heterocycles. The Labute approximate surface area is 110 Å². The summed E-state index contributed by atoms with van der Waals surface area (Å²) in [4.78, 5) is 11.0. The van der Waals surface area contributed by atoms with Crippen molar-refractivity contribution in [2.45, 2.75) is 13.8 Å². The van der Waals surface area contributed by atoms with Gasteiger partial charge in [0, 0.05) is 18.2 Å². The molecule has 0 radical (unpaired) electrons. The lowest BCUT2D eigenvalue weighted by molar-refractivity contribution is -0.114. The summed E-state index contributed by atoms with van der Waals surface area (Å²) in [7, 11) is 0. The van der Waals surface area contributed by atoms with Crippen LogP contribution in [0.15, 0.2) is 30.3 Å². The van der Waals surface area contributed by atoms with E-state index in [1.807, 2.05) is 37.3 Å². The lowest BCUT2D eigenvalue weighted by atomic mass is 10.1. The van der Waals surface area contributed by atoms with Crippen molar-refractivity contribution in [1.82, 2.24) is 10.2 Å². The zero-order valence-corrected chi connectivity index (χ0v) is 10.8. The molecule has 0 fully saturated rings. The second kappa shape index (κ2) is 5.14. The maximum absolute atomic E-state index is 11.0. The number of rotatable bonds is 2. The lowest BCUT2D eigenvalue weighted by Crippen LogP contribution is -2.05. The summed E-state index contributed by atoms with van der Waals surface area (Å²) in [6.45, 7) is 3.34. The van der Waals surface area contributed by atoms with Gasteiger partial charge in [-0.3, -0.25) is 4.79 Å². The number of nitrogens with one attached hydrogen (secondary N) is 1. The highest BCUT2D eigenvalue weighted by Crippen LogP contribution is 2.22. The summed E-state index contributed by atoms with van der Waals surface area (Å²) in [6.07, 6.45) is 0. The largest absolute Gasteiger partial charge is 0.326 e. The molecule has 2 aromatic rings. The number of carbonyl (C=O) groups is 1. The van der Waals surface area contributed by atoms with Gasteiger partial charge < -0.3 is 5.32 Å². The number of nitrogens with zero attached hydrogens (tertiary/aromatic N) is 2. The number of aryl methyl sites for hydroxylation is 1. The molecule has 0 bridgehead atoms. The van der Waals surface area contributed by atoms with Gasteiger partial charge in [0.2, 0.25) is 5.91 Å². The number of benzene rings is 1. The molecule has 1 N–H and O–H groups in total. The molecule has 1 aromatic heterocycles. The molecule has 1 amide bonds. The molecule has 0 aliphatic heterocycles. The van der Waals surface area contributed by atoms with Crippen LogP contribution in [-0.4, -0.2) is 16.1 Å². The number of anilines is 1. The van der Waals surface area contributed by atoms with E-state index in [0.717, 1.165) is 22.5 Å². The van der Waals surface area contributed by atoms with Gasteiger partial charge in [-0.15, -0.1) is 10.2 Å². The van der Waals surface area contributed by atoms with Crippen molar-refractivity contribution >= 4 is 23.2 Å². The zero-order valence-electron chi connectivity index (χ0n) is 10.1. The Morgan fingerprint density at radius 1 is 1.28 bits per heavy atom. The smallest absolute Gasteiger partial charge is 0.221 e. The summed E-state index contributed by atoms with van der Waals surface area (Å²) < 4.78 is 0. The predicted octanol–water partition coefficient (Wildman–Crippen LogP) is 3.06. The zero-order chi connectivity index (χ0) is 13.1. The van der Waals surface area contributed by atoms with Gasteiger partial charge in [0.25, 0.3) is 0 Å². The fraction of sp³-hybridized carbons (Fsp3) is 0.154. The van der Waals surface area contributed by atoms with Gasteiger partial charge in [0.1, 0.15) is 0 Å². The number of halogens is 1. The summed E-state index contributed by atoms with van der Waals surface area (Å²) in [5.41, 5.74) is 3.21. The van der Waals surface area contributed by atoms with Gasteiger partial charge in [-0.2, -0.15) is 0 Å². The molecule has 0 unspecified atom stereocenters. The number of carbonyl (C=O) groups excluding carboxylic acids is 1. The van der Waals surface area contributed by atoms with Crippen molar-refractivity contribution in [3.05, 3.63) is 41.0 Å². The minimum Gasteiger partial charge on any atom is -0.326 e. The third-order valence-corrected chi connectivity index (χ3v) is 2.78. The van der Waals surface area contributed by atoms with E-state index in [4.69, 9.17) is 11.6 Å². The highest BCUT2D eigenvalue weighted by atomic mass is 35.5. The maximum Gasteiger partial charge on any atom is 0.221 e. The average Bonchev–Trinajstić information content (AvgIpc) is 2.32. The van der Waals surface area contributed by atoms with E-state index < -0.39 is 0 Å². The number of hydrogen-bond acceptors (Lipinski definition) is 3. The van der Waals surface area contributed by atoms with Crippen molar-refractivity contribution in [2.24, 2.45) is 0 Å². The molecule has 1 aromatic carbocycles. The van der Waals surface area contributed by atoms with Crippen LogP contribution >= 0.6 is 11.6 Å². The fourth-order valence-corrected chi connectivity index (χ4v) is 1.66. The van der Waals surface area contributed by atoms with Crippen LogP contribution in [0.25, 0.3) is 11.3 Å². The average molecular weight is 262 g/mol. The molecule has 2 rings (SSSR count). The lowest BCUT2D eigenvalue weighted by Gasteiger charge is -2.06. The summed E-state index contributed by atoms with van der Waals surface area (Å²) in [5, 5.41) is 11.0. The number of aromatic nitrogens is 2. The van der Waals surface area contributed by atoms with E-state index in [9.17, 15) is 4.79 Å². The topological polar surface area (TPSA) is 54.9 Å². The molecule has 18 heavy (non-hydrogen) atoms. The summed E-state index contributed by atoms with van der Waals surface area (Å²) in [5.74, 6) is -0.106. The van der Waals surface area contributed by atoms with Crippen LogP contribution in [0, 0.1) is 6.92 Å². The monoisotopic (exact) mass is 261 g/mol. The van der Waals surface area contributed by atoms with Gasteiger partial charge in [-0.25, -0.2) is 0 Å². The quantitative estimate of drug-likeness (QED) is 0.904. The minimum atomic E-state index is -0.106. The van der Waals surface area contributed by atoms with Crippen LogP contribution in [0.5, 0.6) is 0 Å². The van der Waals surface area contributed by atoms with Crippen LogP contribution in [0.2, 0.25) is 5.15 Å². The third kappa shape index (κ3) is 2.84. The Hall–Kier alpha value is -1.94. The first kappa shape index (κ1) is 12.5.